The van der Waals surface area contributed by atoms with Crippen LogP contribution in [0.25, 0.3) is 44.8 Å². The lowest BCUT2D eigenvalue weighted by atomic mass is 9.81. The van der Waals surface area contributed by atoms with Crippen LogP contribution in [0.4, 0.5) is 0 Å². The second kappa shape index (κ2) is 21.9. The third kappa shape index (κ3) is 11.1. The average molecular weight is 956 g/mol. The van der Waals surface area contributed by atoms with Gasteiger partial charge in [0.15, 0.2) is 11.3 Å². The summed E-state index contributed by atoms with van der Waals surface area (Å²) in [5.74, 6) is 0. The van der Waals surface area contributed by atoms with E-state index in [1.165, 1.54) is 0 Å². The maximum atomic E-state index is 9.72. The first kappa shape index (κ1) is 46.4. The van der Waals surface area contributed by atoms with E-state index in [-0.39, 0.29) is 0 Å². The molecule has 0 bridgehead atoms. The minimum atomic E-state index is -1.34. The number of nitriles is 2. The van der Waals surface area contributed by atoms with Gasteiger partial charge in [-0.3, -0.25) is 28.7 Å². The van der Waals surface area contributed by atoms with Gasteiger partial charge in [0.05, 0.1) is 52.7 Å². The fourth-order valence-electron chi connectivity index (χ4n) is 7.85. The molecule has 0 unspecified atom stereocenters. The summed E-state index contributed by atoms with van der Waals surface area (Å²) in [5.41, 5.74) is 15.6. The van der Waals surface area contributed by atoms with Gasteiger partial charge in [-0.15, -0.1) is 0 Å². The number of halogens is 1. The minimum absolute atomic E-state index is 0.525. The molecule has 12 nitrogen and oxygen atoms in total. The van der Waals surface area contributed by atoms with Gasteiger partial charge in [0.25, 0.3) is 0 Å². The zero-order valence-corrected chi connectivity index (χ0v) is 38.9. The molecule has 68 heavy (non-hydrogen) atoms. The summed E-state index contributed by atoms with van der Waals surface area (Å²) in [7, 11) is -1.34. The third-order valence-corrected chi connectivity index (χ3v) is 11.8. The average Bonchev–Trinajstić information content (AvgIpc) is 4.00. The predicted octanol–water partition coefficient (Wildman–Crippen LogP) is 9.31. The van der Waals surface area contributed by atoms with Crippen molar-refractivity contribution >= 4 is 39.8 Å². The Balaban J connectivity index is 0.000000157. The highest BCUT2D eigenvalue weighted by Gasteiger charge is 2.14. The summed E-state index contributed by atoms with van der Waals surface area (Å²) in [6.07, 6.45) is 17.7. The molecule has 0 amide bonds. The van der Waals surface area contributed by atoms with E-state index in [2.05, 4.69) is 86.6 Å². The zero-order valence-electron chi connectivity index (χ0n) is 37.3. The van der Waals surface area contributed by atoms with Crippen LogP contribution in [0.1, 0.15) is 45.0 Å². The van der Waals surface area contributed by atoms with Gasteiger partial charge in [-0.05, 0) is 131 Å². The van der Waals surface area contributed by atoms with E-state index >= 15 is 0 Å². The molecule has 332 valence electrons. The van der Waals surface area contributed by atoms with Crippen LogP contribution < -0.4 is 5.46 Å². The van der Waals surface area contributed by atoms with E-state index in [0.29, 0.717) is 16.6 Å². The monoisotopic (exact) mass is 954 g/mol. The molecule has 0 aliphatic heterocycles. The number of hydrogen-bond acceptors (Lipinski definition) is 10. The van der Waals surface area contributed by atoms with Crippen LogP contribution in [0.2, 0.25) is 0 Å². The van der Waals surface area contributed by atoms with Crippen LogP contribution in [0.3, 0.4) is 0 Å². The summed E-state index contributed by atoms with van der Waals surface area (Å²) < 4.78 is 4.97. The number of pyridine rings is 2. The minimum Gasteiger partial charge on any atom is -0.423 e. The van der Waals surface area contributed by atoms with Gasteiger partial charge in [0, 0.05) is 54.1 Å². The fraction of sp³-hybridized carbons (Fsp3) is 0.111. The molecule has 2 N–H and O–H groups in total. The summed E-state index contributed by atoms with van der Waals surface area (Å²) in [6.45, 7) is 3.90. The highest BCUT2D eigenvalue weighted by Crippen LogP contribution is 2.28. The molecule has 0 atom stereocenters. The summed E-state index contributed by atoms with van der Waals surface area (Å²) in [5, 5.41) is 36.5. The van der Waals surface area contributed by atoms with Crippen LogP contribution in [0, 0.1) is 36.5 Å². The van der Waals surface area contributed by atoms with Crippen molar-refractivity contribution in [1.29, 1.82) is 10.5 Å². The maximum Gasteiger partial charge on any atom is 0.488 e. The highest BCUT2D eigenvalue weighted by atomic mass is 79.9. The first-order chi connectivity index (χ1) is 33.2. The number of rotatable bonds is 10. The maximum absolute atomic E-state index is 9.72. The lowest BCUT2D eigenvalue weighted by Crippen LogP contribution is -2.29. The molecule has 0 aliphatic rings. The highest BCUT2D eigenvalue weighted by molar-refractivity contribution is 9.10. The number of aromatic nitrogens is 8. The molecule has 0 spiro atoms. The SMILES string of the molecule is Cc1cc(-c2ccc(CCc3nccn4c(-c5ccccc5)cnc34)cc2C#N)ccn1.Cc1cc(-c2ccc(CCc3nccn4c(Br)cnc34)cc2C#N)ccn1.OB(O)c1ccccc1. The third-order valence-electron chi connectivity index (χ3n) is 11.2. The van der Waals surface area contributed by atoms with Gasteiger partial charge < -0.3 is 10.0 Å². The van der Waals surface area contributed by atoms with Gasteiger partial charge in [0.1, 0.15) is 4.60 Å². The predicted molar refractivity (Wildman–Crippen MR) is 268 cm³/mol. The van der Waals surface area contributed by atoms with E-state index in [1.54, 1.807) is 49.1 Å². The largest absolute Gasteiger partial charge is 0.488 e. The fourth-order valence-corrected chi connectivity index (χ4v) is 8.24. The molecule has 0 saturated heterocycles. The van der Waals surface area contributed by atoms with Crippen LogP contribution in [0.5, 0.6) is 0 Å². The molecule has 0 saturated carbocycles. The molecule has 6 aromatic heterocycles. The summed E-state index contributed by atoms with van der Waals surface area (Å²) >= 11 is 3.48. The van der Waals surface area contributed by atoms with E-state index in [1.807, 2.05) is 116 Å². The lowest BCUT2D eigenvalue weighted by molar-refractivity contribution is 0.426. The Bertz CT molecular complexity index is 3420. The van der Waals surface area contributed by atoms with Crippen molar-refractivity contribution in [2.24, 2.45) is 0 Å². The first-order valence-electron chi connectivity index (χ1n) is 21.8. The number of hydrogen-bond donors (Lipinski definition) is 2. The Hall–Kier alpha value is -8.14. The van der Waals surface area contributed by atoms with Crippen molar-refractivity contribution in [3.8, 4) is 45.6 Å². The zero-order chi connectivity index (χ0) is 47.4. The molecule has 14 heteroatoms. The van der Waals surface area contributed by atoms with Crippen LogP contribution in [0.15, 0.2) is 176 Å². The lowest BCUT2D eigenvalue weighted by Gasteiger charge is -2.09. The molecular formula is C54H44BBrN10O2. The summed E-state index contributed by atoms with van der Waals surface area (Å²) in [6, 6.07) is 43.6. The van der Waals surface area contributed by atoms with Crippen LogP contribution in [-0.2, 0) is 25.7 Å². The number of imidazole rings is 2. The van der Waals surface area contributed by atoms with Crippen LogP contribution >= 0.6 is 15.9 Å². The van der Waals surface area contributed by atoms with Crippen molar-refractivity contribution < 1.29 is 10.0 Å². The van der Waals surface area contributed by atoms with E-state index < -0.39 is 7.12 Å². The Morgan fingerprint density at radius 3 is 1.53 bits per heavy atom. The van der Waals surface area contributed by atoms with Gasteiger partial charge in [0.2, 0.25) is 0 Å². The molecular weight excluding hydrogens is 911 g/mol. The van der Waals surface area contributed by atoms with Gasteiger partial charge in [-0.1, -0.05) is 84.9 Å². The topological polar surface area (TPSA) is 174 Å². The normalized spacial score (nSPS) is 10.6. The van der Waals surface area contributed by atoms with Crippen LogP contribution in [-0.4, -0.2) is 55.9 Å². The quantitative estimate of drug-likeness (QED) is 0.126. The smallest absolute Gasteiger partial charge is 0.423 e. The standard InChI is InChI=1S/C27H21N5.C21H16BrN5.C6H7BO2/c1-19-15-22(11-12-29-19)24-9-7-20(16-23(24)17-28)8-10-25-27-31-18-26(32(27)14-13-30-25)21-5-3-2-4-6-21;1-14-10-16(6-7-24-14)18-4-2-15(11-17(18)12-23)3-5-19-21-26-13-20(22)27(21)9-8-25-19;8-7(9)6-4-2-1-3-5-6/h2-7,9,11-16,18H,8,10H2,1H3;2,4,6-11,13H,3,5H2,1H3;1-5,8-9H. The van der Waals surface area contributed by atoms with Crippen molar-refractivity contribution in [2.75, 3.05) is 0 Å². The second-order valence-electron chi connectivity index (χ2n) is 15.9. The van der Waals surface area contributed by atoms with Crippen molar-refractivity contribution in [3.63, 3.8) is 0 Å². The molecule has 0 aliphatic carbocycles. The van der Waals surface area contributed by atoms with Crippen molar-refractivity contribution in [2.45, 2.75) is 39.5 Å². The Labute approximate surface area is 402 Å². The molecule has 0 fully saturated rings. The number of nitrogens with zero attached hydrogens (tertiary/aromatic N) is 10. The molecule has 0 radical (unpaired) electrons. The number of aryl methyl sites for hydroxylation is 6. The summed E-state index contributed by atoms with van der Waals surface area (Å²) in [4.78, 5) is 26.6. The Kier molecular flexibility index (Phi) is 14.9. The van der Waals surface area contributed by atoms with Gasteiger partial charge >= 0.3 is 7.12 Å². The first-order valence-corrected chi connectivity index (χ1v) is 22.6. The number of fused-ring (bicyclic) bond motifs is 2. The molecule has 6 heterocycles. The van der Waals surface area contributed by atoms with E-state index in [9.17, 15) is 10.5 Å². The van der Waals surface area contributed by atoms with E-state index in [4.69, 9.17) is 10.0 Å². The van der Waals surface area contributed by atoms with Gasteiger partial charge in [-0.25, -0.2) is 9.97 Å². The van der Waals surface area contributed by atoms with E-state index in [0.717, 1.165) is 109 Å². The second-order valence-corrected chi connectivity index (χ2v) is 16.7. The number of benzene rings is 4. The van der Waals surface area contributed by atoms with Crippen molar-refractivity contribution in [1.82, 2.24) is 38.7 Å². The van der Waals surface area contributed by atoms with Crippen molar-refractivity contribution in [3.05, 3.63) is 221 Å². The molecule has 10 aromatic rings. The Morgan fingerprint density at radius 1 is 0.529 bits per heavy atom. The van der Waals surface area contributed by atoms with Gasteiger partial charge in [-0.2, -0.15) is 10.5 Å². The Morgan fingerprint density at radius 2 is 1.03 bits per heavy atom. The molecule has 10 rings (SSSR count). The molecule has 4 aromatic carbocycles.